The van der Waals surface area contributed by atoms with Crippen molar-refractivity contribution < 1.29 is 24.4 Å². The molecule has 10 heteroatoms. The van der Waals surface area contributed by atoms with E-state index in [4.69, 9.17) is 4.74 Å². The monoisotopic (exact) mass is 451 g/mol. The second-order valence-electron chi connectivity index (χ2n) is 6.79. The summed E-state index contributed by atoms with van der Waals surface area (Å²) in [7, 11) is 0. The number of hydrogen-bond donors (Lipinski definition) is 1. The molecular formula is C22H17N3O6S. The number of nitro groups is 1. The number of aromatic nitrogens is 1. The molecule has 0 aliphatic carbocycles. The van der Waals surface area contributed by atoms with Crippen LogP contribution in [-0.2, 0) is 9.59 Å². The Balaban J connectivity index is 1.89. The number of hydrogen-bond acceptors (Lipinski definition) is 8. The molecule has 0 radical (unpaired) electrons. The first-order valence-corrected chi connectivity index (χ1v) is 10.5. The van der Waals surface area contributed by atoms with Crippen LogP contribution in [0.25, 0.3) is 5.76 Å². The number of thiazole rings is 1. The smallest absolute Gasteiger partial charge is 0.301 e. The van der Waals surface area contributed by atoms with Gasteiger partial charge < -0.3 is 9.84 Å². The highest BCUT2D eigenvalue weighted by Crippen LogP contribution is 2.43. The van der Waals surface area contributed by atoms with Crippen molar-refractivity contribution in [1.29, 1.82) is 0 Å². The maximum atomic E-state index is 13.0. The lowest BCUT2D eigenvalue weighted by Gasteiger charge is -2.22. The molecular weight excluding hydrogens is 434 g/mol. The molecule has 1 amide bonds. The molecule has 1 aliphatic heterocycles. The van der Waals surface area contributed by atoms with Crippen LogP contribution >= 0.6 is 11.3 Å². The maximum absolute atomic E-state index is 13.0. The highest BCUT2D eigenvalue weighted by atomic mass is 32.1. The van der Waals surface area contributed by atoms with E-state index in [1.165, 1.54) is 35.4 Å². The summed E-state index contributed by atoms with van der Waals surface area (Å²) >= 11 is 1.16. The summed E-state index contributed by atoms with van der Waals surface area (Å²) in [6, 6.07) is 11.0. The summed E-state index contributed by atoms with van der Waals surface area (Å²) in [6.07, 6.45) is 1.50. The van der Waals surface area contributed by atoms with Crippen LogP contribution in [0, 0.1) is 10.1 Å². The lowest BCUT2D eigenvalue weighted by molar-refractivity contribution is -0.384. The number of nitrogens with zero attached hydrogens (tertiary/aromatic N) is 3. The Hall–Kier alpha value is -4.05. The van der Waals surface area contributed by atoms with E-state index >= 15 is 0 Å². The standard InChI is InChI=1S/C22H17N3O6S/c1-2-31-16-5-3-4-14(12-16)19(26)17-18(13-6-8-15(9-7-13)25(29)30)24(21(28)20(17)27)22-23-10-11-32-22/h3-12,18,26H,2H2,1H3/b19-17+. The van der Waals surface area contributed by atoms with Gasteiger partial charge in [0.15, 0.2) is 5.13 Å². The van der Waals surface area contributed by atoms with Gasteiger partial charge >= 0.3 is 5.91 Å². The van der Waals surface area contributed by atoms with Crippen LogP contribution in [0.15, 0.2) is 65.7 Å². The number of amides is 1. The normalized spacial score (nSPS) is 17.5. The number of non-ortho nitro benzene ring substituents is 1. The first-order chi connectivity index (χ1) is 15.4. The van der Waals surface area contributed by atoms with Gasteiger partial charge in [0.1, 0.15) is 11.5 Å². The fraction of sp³-hybridized carbons (Fsp3) is 0.136. The molecule has 32 heavy (non-hydrogen) atoms. The van der Waals surface area contributed by atoms with Gasteiger partial charge in [-0.2, -0.15) is 0 Å². The second-order valence-corrected chi connectivity index (χ2v) is 7.67. The maximum Gasteiger partial charge on any atom is 0.301 e. The van der Waals surface area contributed by atoms with Crippen LogP contribution in [0.3, 0.4) is 0 Å². The van der Waals surface area contributed by atoms with E-state index in [0.29, 0.717) is 23.5 Å². The zero-order valence-corrected chi connectivity index (χ0v) is 17.6. The number of carbonyl (C=O) groups excluding carboxylic acids is 2. The molecule has 1 fully saturated rings. The number of Topliss-reactive ketones (excluding diaryl/α,β-unsaturated/α-hetero) is 1. The fourth-order valence-electron chi connectivity index (χ4n) is 3.51. The number of carbonyl (C=O) groups is 2. The van der Waals surface area contributed by atoms with Gasteiger partial charge in [0.25, 0.3) is 11.5 Å². The van der Waals surface area contributed by atoms with Crippen molar-refractivity contribution in [2.75, 3.05) is 11.5 Å². The van der Waals surface area contributed by atoms with Gasteiger partial charge in [0, 0.05) is 29.3 Å². The van der Waals surface area contributed by atoms with E-state index < -0.39 is 22.7 Å². The van der Waals surface area contributed by atoms with Gasteiger partial charge in [-0.25, -0.2) is 4.98 Å². The summed E-state index contributed by atoms with van der Waals surface area (Å²) < 4.78 is 5.47. The summed E-state index contributed by atoms with van der Waals surface area (Å²) in [5, 5.41) is 24.1. The third-order valence-corrected chi connectivity index (χ3v) is 5.68. The molecule has 1 aromatic heterocycles. The van der Waals surface area contributed by atoms with Gasteiger partial charge in [-0.15, -0.1) is 11.3 Å². The van der Waals surface area contributed by atoms with E-state index in [1.54, 1.807) is 29.6 Å². The molecule has 9 nitrogen and oxygen atoms in total. The Bertz CT molecular complexity index is 1220. The number of aliphatic hydroxyl groups is 1. The number of aliphatic hydroxyl groups excluding tert-OH is 1. The lowest BCUT2D eigenvalue weighted by Crippen LogP contribution is -2.29. The predicted molar refractivity (Wildman–Crippen MR) is 118 cm³/mol. The molecule has 2 aromatic carbocycles. The molecule has 1 unspecified atom stereocenters. The molecule has 1 saturated heterocycles. The first kappa shape index (κ1) is 21.2. The van der Waals surface area contributed by atoms with Gasteiger partial charge in [-0.3, -0.25) is 24.6 Å². The third-order valence-electron chi connectivity index (χ3n) is 4.91. The van der Waals surface area contributed by atoms with E-state index in [1.807, 2.05) is 6.92 Å². The SMILES string of the molecule is CCOc1cccc(/C(O)=C2\C(=O)C(=O)N(c3nccs3)C2c2ccc([N+](=O)[O-])cc2)c1. The molecule has 4 rings (SSSR count). The van der Waals surface area contributed by atoms with Crippen molar-refractivity contribution in [1.82, 2.24) is 4.98 Å². The van der Waals surface area contributed by atoms with E-state index in [2.05, 4.69) is 4.98 Å². The van der Waals surface area contributed by atoms with Crippen molar-refractivity contribution in [2.24, 2.45) is 0 Å². The molecule has 3 aromatic rings. The number of nitro benzene ring substituents is 1. The number of ketones is 1. The third kappa shape index (κ3) is 3.71. The summed E-state index contributed by atoms with van der Waals surface area (Å²) in [6.45, 7) is 2.24. The summed E-state index contributed by atoms with van der Waals surface area (Å²) in [4.78, 5) is 41.8. The van der Waals surface area contributed by atoms with Gasteiger partial charge in [0.2, 0.25) is 0 Å². The minimum atomic E-state index is -1.00. The van der Waals surface area contributed by atoms with Crippen molar-refractivity contribution >= 4 is 39.6 Å². The molecule has 162 valence electrons. The van der Waals surface area contributed by atoms with Gasteiger partial charge in [0.05, 0.1) is 23.1 Å². The topological polar surface area (TPSA) is 123 Å². The summed E-state index contributed by atoms with van der Waals surface area (Å²) in [5.74, 6) is -1.58. The molecule has 1 aliphatic rings. The van der Waals surface area contributed by atoms with Crippen molar-refractivity contribution in [3.63, 3.8) is 0 Å². The Morgan fingerprint density at radius 2 is 2.00 bits per heavy atom. The van der Waals surface area contributed by atoms with Crippen molar-refractivity contribution in [3.05, 3.63) is 86.9 Å². The zero-order chi connectivity index (χ0) is 22.8. The van der Waals surface area contributed by atoms with Crippen LogP contribution in [0.2, 0.25) is 0 Å². The summed E-state index contributed by atoms with van der Waals surface area (Å²) in [5.41, 5.74) is 0.463. The van der Waals surface area contributed by atoms with E-state index in [9.17, 15) is 24.8 Å². The predicted octanol–water partition coefficient (Wildman–Crippen LogP) is 4.08. The average molecular weight is 451 g/mol. The first-order valence-electron chi connectivity index (χ1n) is 9.60. The minimum Gasteiger partial charge on any atom is -0.507 e. The van der Waals surface area contributed by atoms with Crippen LogP contribution in [-0.4, -0.2) is 33.3 Å². The molecule has 0 bridgehead atoms. The number of rotatable bonds is 6. The highest BCUT2D eigenvalue weighted by molar-refractivity contribution is 7.14. The molecule has 0 saturated carbocycles. The van der Waals surface area contributed by atoms with E-state index in [0.717, 1.165) is 11.3 Å². The fourth-order valence-corrected chi connectivity index (χ4v) is 4.18. The molecule has 1 N–H and O–H groups in total. The van der Waals surface area contributed by atoms with Crippen LogP contribution in [0.4, 0.5) is 10.8 Å². The number of anilines is 1. The Morgan fingerprint density at radius 3 is 2.62 bits per heavy atom. The highest BCUT2D eigenvalue weighted by Gasteiger charge is 2.48. The van der Waals surface area contributed by atoms with Crippen molar-refractivity contribution in [3.8, 4) is 5.75 Å². The second kappa shape index (κ2) is 8.60. The largest absolute Gasteiger partial charge is 0.507 e. The Labute approximate surface area is 186 Å². The molecule has 2 heterocycles. The van der Waals surface area contributed by atoms with Crippen LogP contribution < -0.4 is 9.64 Å². The minimum absolute atomic E-state index is 0.132. The van der Waals surface area contributed by atoms with Crippen molar-refractivity contribution in [2.45, 2.75) is 13.0 Å². The van der Waals surface area contributed by atoms with Crippen LogP contribution in [0.1, 0.15) is 24.1 Å². The Kier molecular flexibility index (Phi) is 5.69. The lowest BCUT2D eigenvalue weighted by atomic mass is 9.95. The average Bonchev–Trinajstić information content (AvgIpc) is 3.41. The quantitative estimate of drug-likeness (QED) is 0.197. The van der Waals surface area contributed by atoms with Gasteiger partial charge in [-0.1, -0.05) is 12.1 Å². The molecule has 0 spiro atoms. The van der Waals surface area contributed by atoms with Gasteiger partial charge in [-0.05, 0) is 36.8 Å². The molecule has 1 atom stereocenters. The number of ether oxygens (including phenoxy) is 1. The number of benzene rings is 2. The van der Waals surface area contributed by atoms with Crippen LogP contribution in [0.5, 0.6) is 5.75 Å². The zero-order valence-electron chi connectivity index (χ0n) is 16.8. The van der Waals surface area contributed by atoms with E-state index in [-0.39, 0.29) is 22.2 Å². The Morgan fingerprint density at radius 1 is 1.25 bits per heavy atom.